The van der Waals surface area contributed by atoms with Gasteiger partial charge in [0.05, 0.1) is 0 Å². The third kappa shape index (κ3) is 3.94. The van der Waals surface area contributed by atoms with Crippen molar-refractivity contribution in [2.24, 2.45) is 11.8 Å². The van der Waals surface area contributed by atoms with Crippen LogP contribution in [0.4, 0.5) is 5.82 Å². The molecule has 1 heterocycles. The summed E-state index contributed by atoms with van der Waals surface area (Å²) in [6, 6.07) is 5.07. The molecule has 2 rings (SSSR count). The summed E-state index contributed by atoms with van der Waals surface area (Å²) in [5.74, 6) is 1.28. The van der Waals surface area contributed by atoms with Crippen molar-refractivity contribution in [1.29, 1.82) is 0 Å². The van der Waals surface area contributed by atoms with Gasteiger partial charge in [-0.2, -0.15) is 0 Å². The second kappa shape index (κ2) is 6.55. The highest BCUT2D eigenvalue weighted by Crippen LogP contribution is 2.30. The predicted octanol–water partition coefficient (Wildman–Crippen LogP) is 3.41. The van der Waals surface area contributed by atoms with Crippen LogP contribution in [-0.2, 0) is 0 Å². The van der Waals surface area contributed by atoms with Crippen molar-refractivity contribution in [3.8, 4) is 0 Å². The van der Waals surface area contributed by atoms with E-state index in [0.717, 1.165) is 12.5 Å². The third-order valence-electron chi connectivity index (χ3n) is 4.08. The van der Waals surface area contributed by atoms with Crippen LogP contribution < -0.4 is 5.32 Å². The van der Waals surface area contributed by atoms with E-state index in [9.17, 15) is 4.79 Å². The van der Waals surface area contributed by atoms with Crippen molar-refractivity contribution in [1.82, 2.24) is 4.98 Å². The van der Waals surface area contributed by atoms with Crippen molar-refractivity contribution < 1.29 is 9.90 Å². The average Bonchev–Trinajstić information content (AvgIpc) is 2.46. The number of carboxylic acid groups (broad SMARTS) is 1. The van der Waals surface area contributed by atoms with Crippen LogP contribution in [0, 0.1) is 11.8 Å². The molecule has 0 saturated heterocycles. The number of anilines is 1. The Morgan fingerprint density at radius 1 is 1.32 bits per heavy atom. The Labute approximate surface area is 114 Å². The number of nitrogens with zero attached hydrogens (tertiary/aromatic N) is 1. The second-order valence-electron chi connectivity index (χ2n) is 5.39. The molecule has 0 aliphatic heterocycles. The van der Waals surface area contributed by atoms with E-state index in [0.29, 0.717) is 11.7 Å². The first kappa shape index (κ1) is 13.8. The van der Waals surface area contributed by atoms with Gasteiger partial charge in [-0.1, -0.05) is 32.3 Å². The van der Waals surface area contributed by atoms with Crippen LogP contribution in [-0.4, -0.2) is 22.6 Å². The molecule has 0 aromatic carbocycles. The highest BCUT2D eigenvalue weighted by molar-refractivity contribution is 5.85. The summed E-state index contributed by atoms with van der Waals surface area (Å²) in [4.78, 5) is 14.9. The van der Waals surface area contributed by atoms with Crippen molar-refractivity contribution in [3.63, 3.8) is 0 Å². The Kier molecular flexibility index (Phi) is 4.77. The first-order chi connectivity index (χ1) is 9.19. The monoisotopic (exact) mass is 262 g/mol. The minimum atomic E-state index is -0.980. The molecule has 0 amide bonds. The number of aromatic carboxylic acids is 1. The van der Waals surface area contributed by atoms with Gasteiger partial charge in [-0.05, 0) is 36.8 Å². The minimum Gasteiger partial charge on any atom is -0.477 e. The van der Waals surface area contributed by atoms with Gasteiger partial charge in [0, 0.05) is 6.54 Å². The summed E-state index contributed by atoms with van der Waals surface area (Å²) < 4.78 is 0. The fourth-order valence-electron chi connectivity index (χ4n) is 2.75. The van der Waals surface area contributed by atoms with Gasteiger partial charge in [0.2, 0.25) is 0 Å². The summed E-state index contributed by atoms with van der Waals surface area (Å²) in [5.41, 5.74) is 0.0969. The van der Waals surface area contributed by atoms with E-state index in [1.807, 2.05) is 6.07 Å². The largest absolute Gasteiger partial charge is 0.477 e. The van der Waals surface area contributed by atoms with Gasteiger partial charge in [-0.25, -0.2) is 9.78 Å². The summed E-state index contributed by atoms with van der Waals surface area (Å²) in [7, 11) is 0. The van der Waals surface area contributed by atoms with Gasteiger partial charge in [0.15, 0.2) is 5.69 Å². The smallest absolute Gasteiger partial charge is 0.354 e. The van der Waals surface area contributed by atoms with Gasteiger partial charge in [0.1, 0.15) is 5.82 Å². The molecule has 0 atom stereocenters. The number of nitrogens with one attached hydrogen (secondary N) is 1. The maximum Gasteiger partial charge on any atom is 0.354 e. The molecule has 19 heavy (non-hydrogen) atoms. The Morgan fingerprint density at radius 3 is 2.63 bits per heavy atom. The standard InChI is InChI=1S/C15H22N2O2/c1-2-11-6-8-12(9-7-11)10-16-14-5-3-4-13(17-14)15(18)19/h3-5,11-12H,2,6-10H2,1H3,(H,16,17)(H,18,19). The molecule has 1 aromatic rings. The highest BCUT2D eigenvalue weighted by Gasteiger charge is 2.19. The number of carboxylic acids is 1. The Balaban J connectivity index is 1.82. The topological polar surface area (TPSA) is 62.2 Å². The van der Waals surface area contributed by atoms with E-state index in [4.69, 9.17) is 5.11 Å². The Bertz CT molecular complexity index is 426. The first-order valence-corrected chi connectivity index (χ1v) is 7.13. The molecule has 2 N–H and O–H groups in total. The predicted molar refractivity (Wildman–Crippen MR) is 75.4 cm³/mol. The van der Waals surface area contributed by atoms with Gasteiger partial charge in [0.25, 0.3) is 0 Å². The zero-order valence-electron chi connectivity index (χ0n) is 11.4. The zero-order chi connectivity index (χ0) is 13.7. The fourth-order valence-corrected chi connectivity index (χ4v) is 2.75. The summed E-state index contributed by atoms with van der Waals surface area (Å²) in [6.07, 6.45) is 6.48. The molecule has 4 heteroatoms. The van der Waals surface area contributed by atoms with Crippen LogP contribution in [0.1, 0.15) is 49.5 Å². The molecular weight excluding hydrogens is 240 g/mol. The van der Waals surface area contributed by atoms with E-state index in [2.05, 4.69) is 17.2 Å². The molecule has 0 unspecified atom stereocenters. The number of carbonyl (C=O) groups is 1. The Morgan fingerprint density at radius 2 is 2.00 bits per heavy atom. The molecule has 1 aromatic heterocycles. The van der Waals surface area contributed by atoms with E-state index < -0.39 is 5.97 Å². The van der Waals surface area contributed by atoms with Crippen LogP contribution in [0.3, 0.4) is 0 Å². The van der Waals surface area contributed by atoms with Gasteiger partial charge >= 0.3 is 5.97 Å². The van der Waals surface area contributed by atoms with Crippen molar-refractivity contribution in [2.45, 2.75) is 39.0 Å². The normalized spacial score (nSPS) is 23.0. The van der Waals surface area contributed by atoms with E-state index in [1.165, 1.54) is 38.2 Å². The van der Waals surface area contributed by atoms with Crippen molar-refractivity contribution >= 4 is 11.8 Å². The fraction of sp³-hybridized carbons (Fsp3) is 0.600. The molecular formula is C15H22N2O2. The summed E-state index contributed by atoms with van der Waals surface area (Å²) >= 11 is 0. The maximum absolute atomic E-state index is 10.8. The summed E-state index contributed by atoms with van der Waals surface area (Å²) in [5, 5.41) is 12.2. The van der Waals surface area contributed by atoms with Crippen LogP contribution in [0.2, 0.25) is 0 Å². The third-order valence-corrected chi connectivity index (χ3v) is 4.08. The minimum absolute atomic E-state index is 0.0969. The molecule has 0 radical (unpaired) electrons. The SMILES string of the molecule is CCC1CCC(CNc2cccc(C(=O)O)n2)CC1. The molecule has 1 fully saturated rings. The lowest BCUT2D eigenvalue weighted by atomic mass is 9.81. The first-order valence-electron chi connectivity index (χ1n) is 7.13. The lowest BCUT2D eigenvalue weighted by Gasteiger charge is -2.28. The van der Waals surface area contributed by atoms with E-state index in [-0.39, 0.29) is 5.69 Å². The van der Waals surface area contributed by atoms with Crippen molar-refractivity contribution in [2.75, 3.05) is 11.9 Å². The summed E-state index contributed by atoms with van der Waals surface area (Å²) in [6.45, 7) is 3.16. The molecule has 1 aliphatic rings. The second-order valence-corrected chi connectivity index (χ2v) is 5.39. The molecule has 0 bridgehead atoms. The van der Waals surface area contributed by atoms with Crippen LogP contribution >= 0.6 is 0 Å². The zero-order valence-corrected chi connectivity index (χ0v) is 11.4. The number of aromatic nitrogens is 1. The number of hydrogen-bond donors (Lipinski definition) is 2. The highest BCUT2D eigenvalue weighted by atomic mass is 16.4. The van der Waals surface area contributed by atoms with Crippen LogP contribution in [0.25, 0.3) is 0 Å². The van der Waals surface area contributed by atoms with Crippen LogP contribution in [0.5, 0.6) is 0 Å². The maximum atomic E-state index is 10.8. The molecule has 1 aliphatic carbocycles. The van der Waals surface area contributed by atoms with Crippen molar-refractivity contribution in [3.05, 3.63) is 23.9 Å². The molecule has 104 valence electrons. The van der Waals surface area contributed by atoms with E-state index in [1.54, 1.807) is 6.07 Å². The molecule has 4 nitrogen and oxygen atoms in total. The number of pyridine rings is 1. The average molecular weight is 262 g/mol. The van der Waals surface area contributed by atoms with Crippen LogP contribution in [0.15, 0.2) is 18.2 Å². The lowest BCUT2D eigenvalue weighted by molar-refractivity contribution is 0.0690. The molecule has 0 spiro atoms. The molecule has 1 saturated carbocycles. The van der Waals surface area contributed by atoms with E-state index >= 15 is 0 Å². The Hall–Kier alpha value is -1.58. The quantitative estimate of drug-likeness (QED) is 0.853. The van der Waals surface area contributed by atoms with Gasteiger partial charge < -0.3 is 10.4 Å². The van der Waals surface area contributed by atoms with Gasteiger partial charge in [-0.15, -0.1) is 0 Å². The number of hydrogen-bond acceptors (Lipinski definition) is 3. The lowest BCUT2D eigenvalue weighted by Crippen LogP contribution is -2.21. The van der Waals surface area contributed by atoms with Gasteiger partial charge in [-0.3, -0.25) is 0 Å². The number of rotatable bonds is 5.